The van der Waals surface area contributed by atoms with E-state index in [-0.39, 0.29) is 0 Å². The Labute approximate surface area is 164 Å². The van der Waals surface area contributed by atoms with Crippen molar-refractivity contribution in [3.8, 4) is 0 Å². The van der Waals surface area contributed by atoms with Crippen LogP contribution in [0.1, 0.15) is 55.4 Å². The van der Waals surface area contributed by atoms with Crippen molar-refractivity contribution in [2.75, 3.05) is 33.5 Å². The van der Waals surface area contributed by atoms with Crippen LogP contribution in [-0.4, -0.2) is 53.0 Å². The fraction of sp³-hybridized carbons (Fsp3) is 1.00. The van der Waals surface area contributed by atoms with Gasteiger partial charge < -0.3 is 0 Å². The average molecular weight is 462 g/mol. The van der Waals surface area contributed by atoms with Gasteiger partial charge in [-0.25, -0.2) is 0 Å². The van der Waals surface area contributed by atoms with E-state index in [0.717, 1.165) is 0 Å². The Hall–Kier alpha value is 1.18. The molecule has 0 rings (SSSR count). The Morgan fingerprint density at radius 1 is 0.720 bits per heavy atom. The van der Waals surface area contributed by atoms with E-state index in [9.17, 15) is 0 Å². The van der Waals surface area contributed by atoms with Gasteiger partial charge in [-0.05, 0) is 0 Å². The number of hydrogen-bond donors (Lipinski definition) is 0. The van der Waals surface area contributed by atoms with Crippen molar-refractivity contribution in [1.82, 2.24) is 4.44 Å². The summed E-state index contributed by atoms with van der Waals surface area (Å²) in [6.45, 7) is 19.7. The molecule has 8 heteroatoms. The third-order valence-electron chi connectivity index (χ3n) is 2.77. The molecule has 0 spiro atoms. The van der Waals surface area contributed by atoms with Crippen LogP contribution in [0.4, 0.5) is 0 Å². The van der Waals surface area contributed by atoms with Crippen LogP contribution in [0.5, 0.6) is 0 Å². The Morgan fingerprint density at radius 2 is 1.04 bits per heavy atom. The molecule has 0 aliphatic heterocycles. The maximum absolute atomic E-state index is 6.21. The molecule has 0 amide bonds. The molecule has 0 saturated carbocycles. The first kappa shape index (κ1) is 26.2. The summed E-state index contributed by atoms with van der Waals surface area (Å²) in [7, 11) is 0.748. The van der Waals surface area contributed by atoms with Crippen molar-refractivity contribution >= 4 is 29.7 Å². The van der Waals surface area contributed by atoms with E-state index in [2.05, 4.69) is 70.5 Å². The summed E-state index contributed by atoms with van der Waals surface area (Å²) in [5.74, 6) is 1.76. The third kappa shape index (κ3) is 12.3. The molecule has 0 atom stereocenters. The van der Waals surface area contributed by atoms with Crippen LogP contribution in [0.2, 0.25) is 0 Å². The van der Waals surface area contributed by atoms with Gasteiger partial charge in [0.05, 0.1) is 0 Å². The molecule has 0 bridgehead atoms. The van der Waals surface area contributed by atoms with E-state index in [1.807, 2.05) is 11.5 Å². The van der Waals surface area contributed by atoms with Gasteiger partial charge in [-0.3, -0.25) is 0 Å². The first-order valence-electron chi connectivity index (χ1n) is 9.17. The quantitative estimate of drug-likeness (QED) is 0.245. The predicted octanol–water partition coefficient (Wildman–Crippen LogP) is 5.68. The zero-order valence-corrected chi connectivity index (χ0v) is 21.0. The van der Waals surface area contributed by atoms with Crippen LogP contribution < -0.4 is 0 Å². The second-order valence-corrected chi connectivity index (χ2v) is 14.8. The number of hydrogen-bond acceptors (Lipinski definition) is 5. The molecule has 0 saturated heterocycles. The summed E-state index contributed by atoms with van der Waals surface area (Å²) in [5.41, 5.74) is 0. The van der Waals surface area contributed by atoms with Crippen molar-refractivity contribution in [1.29, 1.82) is 0 Å². The molecule has 0 aliphatic rings. The van der Waals surface area contributed by atoms with Gasteiger partial charge in [0.2, 0.25) is 0 Å². The van der Waals surface area contributed by atoms with Crippen LogP contribution >= 0.6 is 14.6 Å². The monoisotopic (exact) mass is 463 g/mol. The molecule has 0 aromatic rings. The summed E-state index contributed by atoms with van der Waals surface area (Å²) in [4.78, 5) is 0. The Morgan fingerprint density at radius 3 is 1.32 bits per heavy atom. The zero-order chi connectivity index (χ0) is 19.6. The van der Waals surface area contributed by atoms with Gasteiger partial charge in [0.1, 0.15) is 0 Å². The fourth-order valence-electron chi connectivity index (χ4n) is 1.41. The minimum atomic E-state index is -2.36. The molecule has 5 nitrogen and oxygen atoms in total. The SMILES string of the molecule is CC(C)COP(OCC(C)C)N(C)P(=[Se])(OCC(C)C)OCC(C)C. The molecule has 0 aromatic carbocycles. The van der Waals surface area contributed by atoms with Gasteiger partial charge >= 0.3 is 165 Å². The van der Waals surface area contributed by atoms with E-state index < -0.39 is 14.6 Å². The van der Waals surface area contributed by atoms with Gasteiger partial charge in [0, 0.05) is 0 Å². The van der Waals surface area contributed by atoms with Gasteiger partial charge in [0.25, 0.3) is 0 Å². The molecule has 25 heavy (non-hydrogen) atoms. The van der Waals surface area contributed by atoms with Crippen molar-refractivity contribution in [2.45, 2.75) is 55.4 Å². The number of nitrogens with zero attached hydrogens (tertiary/aromatic N) is 1. The van der Waals surface area contributed by atoms with Crippen molar-refractivity contribution in [3.05, 3.63) is 0 Å². The Kier molecular flexibility index (Phi) is 14.0. The molecule has 0 heterocycles. The predicted molar refractivity (Wildman–Crippen MR) is 111 cm³/mol. The summed E-state index contributed by atoms with van der Waals surface area (Å²) in [6.07, 6.45) is -2.36. The topological polar surface area (TPSA) is 40.2 Å². The Balaban J connectivity index is 5.21. The van der Waals surface area contributed by atoms with E-state index in [0.29, 0.717) is 50.1 Å². The van der Waals surface area contributed by atoms with Crippen LogP contribution in [0.15, 0.2) is 0 Å². The van der Waals surface area contributed by atoms with Crippen molar-refractivity contribution in [2.24, 2.45) is 23.7 Å². The molecule has 152 valence electrons. The standard InChI is InChI=1S/C17H39NO4P2Se/c1-14(2)10-19-23(20-11-15(3)4)18(9)24(25,21-12-16(5)6)22-13-17(7)8/h14-17H,10-13H2,1-9H3. The third-order valence-corrected chi connectivity index (χ3v) is 10.5. The van der Waals surface area contributed by atoms with Crippen molar-refractivity contribution < 1.29 is 18.1 Å². The second-order valence-electron chi connectivity index (χ2n) is 7.95. The molecular weight excluding hydrogens is 423 g/mol. The summed E-state index contributed by atoms with van der Waals surface area (Å²) in [6, 6.07) is 0. The van der Waals surface area contributed by atoms with Gasteiger partial charge in [0.15, 0.2) is 0 Å². The van der Waals surface area contributed by atoms with Crippen LogP contribution in [0.3, 0.4) is 0 Å². The van der Waals surface area contributed by atoms with E-state index in [1.54, 1.807) is 0 Å². The summed E-state index contributed by atoms with van der Waals surface area (Å²) in [5, 5.41) is 0. The fourth-order valence-corrected chi connectivity index (χ4v) is 7.28. The van der Waals surface area contributed by atoms with Gasteiger partial charge in [-0.2, -0.15) is 0 Å². The zero-order valence-electron chi connectivity index (χ0n) is 17.5. The normalized spacial score (nSPS) is 13.4. The van der Waals surface area contributed by atoms with E-state index in [4.69, 9.17) is 18.1 Å². The molecule has 0 radical (unpaired) electrons. The van der Waals surface area contributed by atoms with Crippen molar-refractivity contribution in [3.63, 3.8) is 0 Å². The average Bonchev–Trinajstić information content (AvgIpc) is 2.50. The second kappa shape index (κ2) is 13.4. The van der Waals surface area contributed by atoms with Gasteiger partial charge in [-0.15, -0.1) is 0 Å². The van der Waals surface area contributed by atoms with E-state index in [1.165, 1.54) is 0 Å². The van der Waals surface area contributed by atoms with Gasteiger partial charge in [-0.1, -0.05) is 0 Å². The number of rotatable bonds is 14. The molecule has 0 N–H and O–H groups in total. The summed E-state index contributed by atoms with van der Waals surface area (Å²) >= 11 is 3.21. The molecule has 0 unspecified atom stereocenters. The molecule has 0 fully saturated rings. The maximum atomic E-state index is 6.21. The Bertz CT molecular complexity index is 367. The molecule has 0 aliphatic carbocycles. The van der Waals surface area contributed by atoms with E-state index >= 15 is 0 Å². The summed E-state index contributed by atoms with van der Waals surface area (Å²) < 4.78 is 26.6. The first-order valence-corrected chi connectivity index (χ1v) is 14.1. The van der Waals surface area contributed by atoms with Crippen LogP contribution in [-0.2, 0) is 18.1 Å². The van der Waals surface area contributed by atoms with Crippen LogP contribution in [0.25, 0.3) is 0 Å². The first-order chi connectivity index (χ1) is 11.5. The molecule has 0 aromatic heterocycles. The van der Waals surface area contributed by atoms with Crippen LogP contribution in [0, 0.1) is 23.7 Å². The minimum absolute atomic E-state index is 0.433. The molecular formula is C17H39NO4P2Se.